The van der Waals surface area contributed by atoms with Gasteiger partial charge in [0.2, 0.25) is 0 Å². The molecule has 0 spiro atoms. The van der Waals surface area contributed by atoms with E-state index >= 15 is 0 Å². The highest BCUT2D eigenvalue weighted by Gasteiger charge is 2.51. The third-order valence-electron chi connectivity index (χ3n) is 11.7. The van der Waals surface area contributed by atoms with Crippen LogP contribution >= 0.6 is 0 Å². The monoisotopic (exact) mass is 828 g/mol. The van der Waals surface area contributed by atoms with Crippen LogP contribution in [0.5, 0.6) is 0 Å². The fourth-order valence-electron chi connectivity index (χ4n) is 8.28. The van der Waals surface area contributed by atoms with Crippen LogP contribution in [0.15, 0.2) is 134 Å². The Hall–Kier alpha value is -4.13. The second kappa shape index (κ2) is 29.2. The van der Waals surface area contributed by atoms with E-state index in [1.165, 1.54) is 103 Å². The average molecular weight is 828 g/mol. The third kappa shape index (κ3) is 18.6. The number of nitrogens with zero attached hydrogens (tertiary/aromatic N) is 3. The Morgan fingerprint density at radius 1 is 0.550 bits per heavy atom. The van der Waals surface area contributed by atoms with Crippen LogP contribution in [-0.2, 0) is 17.3 Å². The molecule has 2 heterocycles. The SMILES string of the molecule is CC(C)(C)[Si](O[C@@H](C/C=C\CCCCCCCCc1cccnc1)C/C=[N+](\[O-])CCCCC/C=C\CCCCCCCc1cccnc1)(c1ccccc1)c1ccccc1. The quantitative estimate of drug-likeness (QED) is 0.00964. The summed E-state index contributed by atoms with van der Waals surface area (Å²) in [4.78, 5) is 8.45. The zero-order valence-corrected chi connectivity index (χ0v) is 38.6. The molecule has 0 aliphatic heterocycles. The first-order valence-electron chi connectivity index (χ1n) is 23.5. The fraction of sp³-hybridized carbons (Fsp3) is 0.500. The summed E-state index contributed by atoms with van der Waals surface area (Å²) in [6.45, 7) is 7.53. The summed E-state index contributed by atoms with van der Waals surface area (Å²) in [5.41, 5.74) is 2.69. The molecule has 60 heavy (non-hydrogen) atoms. The van der Waals surface area contributed by atoms with Crippen molar-refractivity contribution in [3.63, 3.8) is 0 Å². The summed E-state index contributed by atoms with van der Waals surface area (Å²) >= 11 is 0. The van der Waals surface area contributed by atoms with Crippen LogP contribution in [0.2, 0.25) is 5.04 Å². The molecule has 0 N–H and O–H groups in total. The van der Waals surface area contributed by atoms with Crippen molar-refractivity contribution >= 4 is 24.9 Å². The van der Waals surface area contributed by atoms with E-state index < -0.39 is 8.32 Å². The van der Waals surface area contributed by atoms with E-state index in [1.54, 1.807) is 0 Å². The van der Waals surface area contributed by atoms with E-state index in [2.05, 4.69) is 128 Å². The molecule has 4 rings (SSSR count). The molecule has 0 saturated carbocycles. The van der Waals surface area contributed by atoms with Crippen molar-refractivity contribution in [2.75, 3.05) is 6.54 Å². The van der Waals surface area contributed by atoms with Crippen molar-refractivity contribution in [3.8, 4) is 0 Å². The van der Waals surface area contributed by atoms with Gasteiger partial charge in [0.1, 0.15) is 0 Å². The van der Waals surface area contributed by atoms with E-state index in [-0.39, 0.29) is 11.1 Å². The molecule has 2 aromatic carbocycles. The van der Waals surface area contributed by atoms with E-state index in [0.29, 0.717) is 13.0 Å². The van der Waals surface area contributed by atoms with Crippen LogP contribution in [-0.4, -0.2) is 41.9 Å². The minimum atomic E-state index is -2.76. The van der Waals surface area contributed by atoms with Crippen LogP contribution in [0.4, 0.5) is 0 Å². The molecular formula is C54H77N3O2Si. The average Bonchev–Trinajstić information content (AvgIpc) is 3.27. The van der Waals surface area contributed by atoms with Gasteiger partial charge in [0.05, 0.1) is 12.5 Å². The molecule has 0 aliphatic carbocycles. The van der Waals surface area contributed by atoms with Gasteiger partial charge in [0.15, 0.2) is 12.8 Å². The number of benzene rings is 2. The summed E-state index contributed by atoms with van der Waals surface area (Å²) in [5, 5.41) is 15.6. The largest absolute Gasteiger partial charge is 0.624 e. The van der Waals surface area contributed by atoms with Gasteiger partial charge in [0, 0.05) is 31.2 Å². The Bertz CT molecular complexity index is 1700. The maximum Gasteiger partial charge on any atom is 0.261 e. The molecule has 1 atom stereocenters. The first-order chi connectivity index (χ1) is 29.4. The van der Waals surface area contributed by atoms with Gasteiger partial charge in [0.25, 0.3) is 8.32 Å². The minimum absolute atomic E-state index is 0.0965. The number of unbranched alkanes of at least 4 members (excludes halogenated alkanes) is 14. The van der Waals surface area contributed by atoms with Crippen LogP contribution in [0.3, 0.4) is 0 Å². The Labute approximate surface area is 366 Å². The molecule has 0 saturated heterocycles. The van der Waals surface area contributed by atoms with Gasteiger partial charge in [-0.25, -0.2) is 4.74 Å². The molecule has 2 aromatic heterocycles. The molecule has 5 nitrogen and oxygen atoms in total. The molecule has 0 aliphatic rings. The van der Waals surface area contributed by atoms with Gasteiger partial charge in [-0.15, -0.1) is 0 Å². The highest BCUT2D eigenvalue weighted by Crippen LogP contribution is 2.38. The lowest BCUT2D eigenvalue weighted by molar-refractivity contribution is -0.454. The Morgan fingerprint density at radius 2 is 1.00 bits per heavy atom. The third-order valence-corrected chi connectivity index (χ3v) is 16.8. The first kappa shape index (κ1) is 48.5. The molecule has 4 aromatic rings. The number of aryl methyl sites for hydroxylation is 2. The molecule has 0 unspecified atom stereocenters. The van der Waals surface area contributed by atoms with Crippen molar-refractivity contribution in [1.29, 1.82) is 0 Å². The lowest BCUT2D eigenvalue weighted by atomic mass is 10.1. The fourth-order valence-corrected chi connectivity index (χ4v) is 13.0. The van der Waals surface area contributed by atoms with Gasteiger partial charge < -0.3 is 9.63 Å². The van der Waals surface area contributed by atoms with Gasteiger partial charge in [-0.2, -0.15) is 0 Å². The predicted molar refractivity (Wildman–Crippen MR) is 259 cm³/mol. The number of allylic oxidation sites excluding steroid dienone is 3. The first-order valence-corrected chi connectivity index (χ1v) is 25.4. The number of aromatic nitrogens is 2. The molecule has 0 fully saturated rings. The summed E-state index contributed by atoms with van der Waals surface area (Å²) in [5.74, 6) is 0. The molecule has 0 bridgehead atoms. The molecule has 6 heteroatoms. The summed E-state index contributed by atoms with van der Waals surface area (Å²) in [6.07, 6.45) is 43.0. The smallest absolute Gasteiger partial charge is 0.261 e. The Morgan fingerprint density at radius 3 is 1.47 bits per heavy atom. The number of hydroxylamine groups is 1. The molecular weight excluding hydrogens is 751 g/mol. The zero-order valence-electron chi connectivity index (χ0n) is 37.6. The van der Waals surface area contributed by atoms with E-state index in [0.717, 1.165) is 51.4 Å². The van der Waals surface area contributed by atoms with Crippen molar-refractivity contribution in [2.24, 2.45) is 0 Å². The molecule has 0 radical (unpaired) electrons. The molecule has 0 amide bonds. The van der Waals surface area contributed by atoms with Crippen molar-refractivity contribution < 1.29 is 9.16 Å². The van der Waals surface area contributed by atoms with E-state index in [9.17, 15) is 5.21 Å². The summed E-state index contributed by atoms with van der Waals surface area (Å²) < 4.78 is 8.73. The van der Waals surface area contributed by atoms with Crippen LogP contribution < -0.4 is 10.4 Å². The van der Waals surface area contributed by atoms with Crippen molar-refractivity contribution in [2.45, 2.75) is 167 Å². The normalized spacial score (nSPS) is 13.1. The summed E-state index contributed by atoms with van der Waals surface area (Å²) in [7, 11) is -2.76. The number of hydrogen-bond donors (Lipinski definition) is 0. The number of hydrogen-bond acceptors (Lipinski definition) is 4. The number of pyridine rings is 2. The minimum Gasteiger partial charge on any atom is -0.624 e. The zero-order chi connectivity index (χ0) is 42.4. The van der Waals surface area contributed by atoms with Crippen molar-refractivity contribution in [3.05, 3.63) is 150 Å². The standard InChI is InChI=1S/C54H77N3O2Si/c1-54(2,3)60(52-38-26-21-27-39-52,53-40-28-22-29-41-53)59-51(37-25-19-15-11-8-10-14-18-24-34-50-36-32-44-56-48-50)42-46-57(58)45-30-20-16-12-7-5-4-6-9-13-17-23-33-49-35-31-43-55-47-49/h5,7,19,21-22,25-29,31-32,35-36,38-41,43-44,46-48,51H,4,6,8-18,20,23-24,30,33-34,37,42,45H2,1-3H3/b7-5-,25-19-,57-46-/t51-/m0/s1. The second-order valence-corrected chi connectivity index (χ2v) is 21.9. The van der Waals surface area contributed by atoms with Crippen molar-refractivity contribution in [1.82, 2.24) is 9.97 Å². The topological polar surface area (TPSA) is 61.1 Å². The second-order valence-electron chi connectivity index (χ2n) is 17.7. The van der Waals surface area contributed by atoms with Gasteiger partial charge in [-0.3, -0.25) is 9.97 Å². The predicted octanol–water partition coefficient (Wildman–Crippen LogP) is 13.3. The maximum absolute atomic E-state index is 13.2. The lowest BCUT2D eigenvalue weighted by Crippen LogP contribution is -2.67. The number of rotatable bonds is 31. The van der Waals surface area contributed by atoms with Crippen LogP contribution in [0.1, 0.15) is 154 Å². The van der Waals surface area contributed by atoms with E-state index in [4.69, 9.17) is 4.43 Å². The maximum atomic E-state index is 13.2. The summed E-state index contributed by atoms with van der Waals surface area (Å²) in [6, 6.07) is 30.2. The van der Waals surface area contributed by atoms with E-state index in [1.807, 2.05) is 43.1 Å². The van der Waals surface area contributed by atoms with Gasteiger partial charge in [-0.05, 0) is 116 Å². The Kier molecular flexibility index (Phi) is 23.6. The highest BCUT2D eigenvalue weighted by molar-refractivity contribution is 6.99. The molecule has 324 valence electrons. The van der Waals surface area contributed by atoms with Gasteiger partial charge >= 0.3 is 0 Å². The van der Waals surface area contributed by atoms with Crippen LogP contribution in [0, 0.1) is 5.21 Å². The highest BCUT2D eigenvalue weighted by atomic mass is 28.4. The Balaban J connectivity index is 1.22. The van der Waals surface area contributed by atoms with Gasteiger partial charge in [-0.1, -0.05) is 163 Å². The van der Waals surface area contributed by atoms with Crippen LogP contribution in [0.25, 0.3) is 0 Å². The lowest BCUT2D eigenvalue weighted by Gasteiger charge is -2.45.